The van der Waals surface area contributed by atoms with E-state index in [0.717, 1.165) is 10.2 Å². The maximum atomic E-state index is 5.15. The van der Waals surface area contributed by atoms with Gasteiger partial charge in [-0.3, -0.25) is 0 Å². The highest BCUT2D eigenvalue weighted by Gasteiger charge is 2.00. The van der Waals surface area contributed by atoms with E-state index in [2.05, 4.69) is 28.9 Å². The van der Waals surface area contributed by atoms with E-state index in [9.17, 15) is 0 Å². The van der Waals surface area contributed by atoms with E-state index in [4.69, 9.17) is 4.74 Å². The van der Waals surface area contributed by atoms with E-state index < -0.39 is 0 Å². The lowest BCUT2D eigenvalue weighted by molar-refractivity contribution is 0.411. The van der Waals surface area contributed by atoms with Crippen LogP contribution in [0.2, 0.25) is 0 Å². The smallest absolute Gasteiger partial charge is 0.122 e. The third kappa shape index (κ3) is 1.74. The van der Waals surface area contributed by atoms with Crippen LogP contribution < -0.4 is 4.74 Å². The Balaban J connectivity index is 3.21. The van der Waals surface area contributed by atoms with E-state index in [1.54, 1.807) is 7.11 Å². The van der Waals surface area contributed by atoms with Crippen LogP contribution in [0.3, 0.4) is 0 Å². The first kappa shape index (κ1) is 8.60. The van der Waals surface area contributed by atoms with Crippen molar-refractivity contribution in [1.82, 2.24) is 0 Å². The van der Waals surface area contributed by atoms with Gasteiger partial charge >= 0.3 is 0 Å². The molecule has 1 rings (SSSR count). The Kier molecular flexibility index (Phi) is 2.55. The molecule has 0 aromatic heterocycles. The van der Waals surface area contributed by atoms with Gasteiger partial charge in [0.1, 0.15) is 5.75 Å². The van der Waals surface area contributed by atoms with Gasteiger partial charge < -0.3 is 4.74 Å². The predicted molar refractivity (Wildman–Crippen MR) is 50.2 cm³/mol. The lowest BCUT2D eigenvalue weighted by Gasteiger charge is -2.06. The minimum Gasteiger partial charge on any atom is -0.496 e. The number of benzene rings is 1. The summed E-state index contributed by atoms with van der Waals surface area (Å²) in [4.78, 5) is 0. The average Bonchev–Trinajstić information content (AvgIpc) is 1.97. The maximum Gasteiger partial charge on any atom is 0.122 e. The molecule has 1 aromatic rings. The molecule has 0 bridgehead atoms. The fourth-order valence-electron chi connectivity index (χ4n) is 1.03. The number of aryl methyl sites for hydroxylation is 2. The Morgan fingerprint density at radius 3 is 2.36 bits per heavy atom. The van der Waals surface area contributed by atoms with Crippen molar-refractivity contribution in [2.24, 2.45) is 0 Å². The highest BCUT2D eigenvalue weighted by molar-refractivity contribution is 9.10. The molecular weight excluding hydrogens is 204 g/mol. The van der Waals surface area contributed by atoms with Gasteiger partial charge in [-0.05, 0) is 31.0 Å². The molecule has 0 aliphatic rings. The van der Waals surface area contributed by atoms with Crippen molar-refractivity contribution in [3.8, 4) is 5.75 Å². The second-order valence-corrected chi connectivity index (χ2v) is 3.43. The van der Waals surface area contributed by atoms with E-state index in [0.29, 0.717) is 0 Å². The largest absolute Gasteiger partial charge is 0.496 e. The van der Waals surface area contributed by atoms with Gasteiger partial charge in [-0.1, -0.05) is 22.0 Å². The maximum absolute atomic E-state index is 5.15. The van der Waals surface area contributed by atoms with Crippen molar-refractivity contribution >= 4 is 15.9 Å². The van der Waals surface area contributed by atoms with Gasteiger partial charge in [-0.15, -0.1) is 0 Å². The molecule has 1 nitrogen and oxygen atoms in total. The Hall–Kier alpha value is -0.500. The lowest BCUT2D eigenvalue weighted by atomic mass is 10.1. The highest BCUT2D eigenvalue weighted by atomic mass is 79.9. The molecule has 0 aliphatic heterocycles. The number of ether oxygens (including phenoxy) is 1. The molecule has 60 valence electrons. The quantitative estimate of drug-likeness (QED) is 0.699. The summed E-state index contributed by atoms with van der Waals surface area (Å²) in [6.07, 6.45) is 0. The standard InChI is InChI=1S/C9H11BrO/c1-6-4-7(2)9(11-3)5-8(6)10/h4-5H,1-3H3. The zero-order valence-electron chi connectivity index (χ0n) is 6.94. The molecule has 0 atom stereocenters. The second-order valence-electron chi connectivity index (χ2n) is 2.57. The minimum atomic E-state index is 0.933. The molecule has 0 N–H and O–H groups in total. The monoisotopic (exact) mass is 214 g/mol. The SMILES string of the molecule is COc1cc(Br)c(C)cc1C. The molecule has 0 amide bonds. The molecule has 11 heavy (non-hydrogen) atoms. The Morgan fingerprint density at radius 1 is 1.18 bits per heavy atom. The summed E-state index contributed by atoms with van der Waals surface area (Å²) in [5.74, 6) is 0.933. The van der Waals surface area contributed by atoms with E-state index in [1.165, 1.54) is 11.1 Å². The molecule has 0 radical (unpaired) electrons. The number of hydrogen-bond donors (Lipinski definition) is 0. The van der Waals surface area contributed by atoms with Crippen molar-refractivity contribution in [2.45, 2.75) is 13.8 Å². The van der Waals surface area contributed by atoms with Gasteiger partial charge in [0, 0.05) is 4.47 Å². The van der Waals surface area contributed by atoms with Crippen molar-refractivity contribution in [3.63, 3.8) is 0 Å². The zero-order chi connectivity index (χ0) is 8.43. The summed E-state index contributed by atoms with van der Waals surface area (Å²) in [6.45, 7) is 4.11. The van der Waals surface area contributed by atoms with Crippen LogP contribution in [0.5, 0.6) is 5.75 Å². The van der Waals surface area contributed by atoms with Gasteiger partial charge in [0.05, 0.1) is 7.11 Å². The van der Waals surface area contributed by atoms with Gasteiger partial charge in [0.15, 0.2) is 0 Å². The number of rotatable bonds is 1. The Bertz CT molecular complexity index is 269. The Morgan fingerprint density at radius 2 is 1.82 bits per heavy atom. The average molecular weight is 215 g/mol. The lowest BCUT2D eigenvalue weighted by Crippen LogP contribution is -1.88. The fraction of sp³-hybridized carbons (Fsp3) is 0.333. The van der Waals surface area contributed by atoms with Crippen molar-refractivity contribution in [1.29, 1.82) is 0 Å². The number of halogens is 1. The summed E-state index contributed by atoms with van der Waals surface area (Å²) in [7, 11) is 1.68. The van der Waals surface area contributed by atoms with Crippen LogP contribution in [0.15, 0.2) is 16.6 Å². The number of hydrogen-bond acceptors (Lipinski definition) is 1. The van der Waals surface area contributed by atoms with Crippen LogP contribution >= 0.6 is 15.9 Å². The van der Waals surface area contributed by atoms with Crippen LogP contribution in [0, 0.1) is 13.8 Å². The summed E-state index contributed by atoms with van der Waals surface area (Å²) in [5, 5.41) is 0. The van der Waals surface area contributed by atoms with E-state index in [-0.39, 0.29) is 0 Å². The molecule has 0 heterocycles. The molecule has 0 saturated heterocycles. The molecule has 0 fully saturated rings. The topological polar surface area (TPSA) is 9.23 Å². The molecule has 0 saturated carbocycles. The second kappa shape index (κ2) is 3.26. The van der Waals surface area contributed by atoms with Gasteiger partial charge in [-0.2, -0.15) is 0 Å². The molecule has 0 unspecified atom stereocenters. The van der Waals surface area contributed by atoms with Crippen LogP contribution in [0.1, 0.15) is 11.1 Å². The molecule has 2 heteroatoms. The fourth-order valence-corrected chi connectivity index (χ4v) is 1.35. The van der Waals surface area contributed by atoms with Crippen LogP contribution in [-0.2, 0) is 0 Å². The summed E-state index contributed by atoms with van der Waals surface area (Å²) >= 11 is 3.44. The van der Waals surface area contributed by atoms with Gasteiger partial charge in [0.2, 0.25) is 0 Å². The van der Waals surface area contributed by atoms with Crippen molar-refractivity contribution < 1.29 is 4.74 Å². The van der Waals surface area contributed by atoms with Gasteiger partial charge in [0.25, 0.3) is 0 Å². The molecule has 0 aliphatic carbocycles. The highest BCUT2D eigenvalue weighted by Crippen LogP contribution is 2.25. The van der Waals surface area contributed by atoms with Crippen LogP contribution in [0.25, 0.3) is 0 Å². The first-order chi connectivity index (χ1) is 5.15. The molecule has 0 spiro atoms. The predicted octanol–water partition coefficient (Wildman–Crippen LogP) is 3.07. The zero-order valence-corrected chi connectivity index (χ0v) is 8.53. The summed E-state index contributed by atoms with van der Waals surface area (Å²) in [6, 6.07) is 4.09. The third-order valence-corrected chi connectivity index (χ3v) is 2.53. The summed E-state index contributed by atoms with van der Waals surface area (Å²) < 4.78 is 6.25. The first-order valence-electron chi connectivity index (χ1n) is 3.46. The minimum absolute atomic E-state index is 0.933. The Labute approximate surface area is 75.5 Å². The number of methoxy groups -OCH3 is 1. The van der Waals surface area contributed by atoms with E-state index >= 15 is 0 Å². The van der Waals surface area contributed by atoms with Crippen LogP contribution in [0.4, 0.5) is 0 Å². The summed E-state index contributed by atoms with van der Waals surface area (Å²) in [5.41, 5.74) is 2.41. The van der Waals surface area contributed by atoms with Gasteiger partial charge in [-0.25, -0.2) is 0 Å². The normalized spacial score (nSPS) is 9.82. The van der Waals surface area contributed by atoms with Crippen molar-refractivity contribution in [2.75, 3.05) is 7.11 Å². The first-order valence-corrected chi connectivity index (χ1v) is 4.25. The van der Waals surface area contributed by atoms with E-state index in [1.807, 2.05) is 13.0 Å². The molecular formula is C9H11BrO. The van der Waals surface area contributed by atoms with Crippen LogP contribution in [-0.4, -0.2) is 7.11 Å². The molecule has 1 aromatic carbocycles. The van der Waals surface area contributed by atoms with Crippen molar-refractivity contribution in [3.05, 3.63) is 27.7 Å². The third-order valence-electron chi connectivity index (χ3n) is 1.68.